The van der Waals surface area contributed by atoms with E-state index in [1.807, 2.05) is 37.3 Å². The van der Waals surface area contributed by atoms with Crippen molar-refractivity contribution < 1.29 is 19.4 Å². The molecule has 2 aliphatic heterocycles. The van der Waals surface area contributed by atoms with E-state index in [-0.39, 0.29) is 24.5 Å². The van der Waals surface area contributed by atoms with Crippen LogP contribution in [0.1, 0.15) is 18.5 Å². The van der Waals surface area contributed by atoms with Gasteiger partial charge in [-0.05, 0) is 48.9 Å². The van der Waals surface area contributed by atoms with Crippen molar-refractivity contribution in [2.45, 2.75) is 13.0 Å². The van der Waals surface area contributed by atoms with Gasteiger partial charge in [-0.1, -0.05) is 6.07 Å². The van der Waals surface area contributed by atoms with Gasteiger partial charge >= 0.3 is 0 Å². The summed E-state index contributed by atoms with van der Waals surface area (Å²) in [6.45, 7) is 5.97. The predicted octanol–water partition coefficient (Wildman–Crippen LogP) is 2.12. The molecule has 1 amide bonds. The Bertz CT molecular complexity index is 832. The van der Waals surface area contributed by atoms with Crippen LogP contribution in [0.15, 0.2) is 42.5 Å². The summed E-state index contributed by atoms with van der Waals surface area (Å²) >= 11 is 0. The van der Waals surface area contributed by atoms with Crippen LogP contribution in [0.2, 0.25) is 0 Å². The molecule has 1 atom stereocenters. The third-order valence-corrected chi connectivity index (χ3v) is 5.23. The number of phenols is 1. The van der Waals surface area contributed by atoms with Gasteiger partial charge in [0.2, 0.25) is 12.7 Å². The number of anilines is 1. The highest BCUT2D eigenvalue weighted by molar-refractivity contribution is 5.78. The molecule has 0 aliphatic carbocycles. The highest BCUT2D eigenvalue weighted by atomic mass is 16.7. The van der Waals surface area contributed by atoms with E-state index in [4.69, 9.17) is 9.47 Å². The molecule has 1 fully saturated rings. The largest absolute Gasteiger partial charge is 0.508 e. The average Bonchev–Trinajstić information content (AvgIpc) is 3.17. The lowest BCUT2D eigenvalue weighted by atomic mass is 10.1. The number of amides is 1. The molecule has 0 bridgehead atoms. The summed E-state index contributed by atoms with van der Waals surface area (Å²) in [6.07, 6.45) is 0. The van der Waals surface area contributed by atoms with Crippen LogP contribution in [-0.2, 0) is 4.79 Å². The third-order valence-electron chi connectivity index (χ3n) is 5.23. The van der Waals surface area contributed by atoms with E-state index in [9.17, 15) is 9.90 Å². The molecule has 0 radical (unpaired) electrons. The Morgan fingerprint density at radius 1 is 1.07 bits per heavy atom. The quantitative estimate of drug-likeness (QED) is 0.824. The number of hydrogen-bond acceptors (Lipinski definition) is 6. The number of rotatable bonds is 5. The van der Waals surface area contributed by atoms with E-state index in [1.54, 1.807) is 12.1 Å². The van der Waals surface area contributed by atoms with Crippen LogP contribution < -0.4 is 19.7 Å². The molecule has 0 unspecified atom stereocenters. The fraction of sp³-hybridized carbons (Fsp3) is 0.381. The number of fused-ring (bicyclic) bond motifs is 1. The number of benzene rings is 2. The molecule has 0 aromatic heterocycles. The van der Waals surface area contributed by atoms with Crippen LogP contribution in [-0.4, -0.2) is 55.4 Å². The maximum Gasteiger partial charge on any atom is 0.234 e. The summed E-state index contributed by atoms with van der Waals surface area (Å²) in [5, 5.41) is 12.5. The fourth-order valence-corrected chi connectivity index (χ4v) is 3.58. The van der Waals surface area contributed by atoms with Crippen molar-refractivity contribution in [3.63, 3.8) is 0 Å². The predicted molar refractivity (Wildman–Crippen MR) is 106 cm³/mol. The topological polar surface area (TPSA) is 74.3 Å². The molecule has 2 aromatic rings. The van der Waals surface area contributed by atoms with Gasteiger partial charge in [-0.3, -0.25) is 9.69 Å². The molecule has 2 aliphatic rings. The Morgan fingerprint density at radius 2 is 1.79 bits per heavy atom. The number of ether oxygens (including phenoxy) is 2. The van der Waals surface area contributed by atoms with Crippen LogP contribution in [0, 0.1) is 0 Å². The summed E-state index contributed by atoms with van der Waals surface area (Å²) in [6, 6.07) is 12.9. The summed E-state index contributed by atoms with van der Waals surface area (Å²) in [4.78, 5) is 16.9. The lowest BCUT2D eigenvalue weighted by Gasteiger charge is -2.35. The first kappa shape index (κ1) is 18.4. The number of hydrogen-bond donors (Lipinski definition) is 2. The van der Waals surface area contributed by atoms with Crippen molar-refractivity contribution in [1.82, 2.24) is 10.2 Å². The Kier molecular flexibility index (Phi) is 5.25. The van der Waals surface area contributed by atoms with E-state index in [2.05, 4.69) is 15.1 Å². The Hall–Kier alpha value is -2.93. The van der Waals surface area contributed by atoms with Gasteiger partial charge in [-0.15, -0.1) is 0 Å². The van der Waals surface area contributed by atoms with Gasteiger partial charge in [-0.2, -0.15) is 0 Å². The molecular formula is C21H25N3O4. The van der Waals surface area contributed by atoms with Crippen molar-refractivity contribution in [3.8, 4) is 17.2 Å². The second-order valence-electron chi connectivity index (χ2n) is 7.18. The summed E-state index contributed by atoms with van der Waals surface area (Å²) in [7, 11) is 0. The maximum absolute atomic E-state index is 12.5. The number of phenolic OH excluding ortho intramolecular Hbond substituents is 1. The summed E-state index contributed by atoms with van der Waals surface area (Å²) in [5.74, 6) is 1.76. The van der Waals surface area contributed by atoms with Gasteiger partial charge in [0.15, 0.2) is 11.5 Å². The van der Waals surface area contributed by atoms with Crippen molar-refractivity contribution in [1.29, 1.82) is 0 Å². The van der Waals surface area contributed by atoms with Crippen LogP contribution in [0.3, 0.4) is 0 Å². The molecule has 2 aromatic carbocycles. The van der Waals surface area contributed by atoms with Crippen molar-refractivity contribution >= 4 is 11.6 Å². The van der Waals surface area contributed by atoms with E-state index in [0.717, 1.165) is 48.9 Å². The number of nitrogens with one attached hydrogen (secondary N) is 1. The van der Waals surface area contributed by atoms with Crippen molar-refractivity contribution in [3.05, 3.63) is 48.0 Å². The normalized spacial score (nSPS) is 17.4. The van der Waals surface area contributed by atoms with Crippen LogP contribution in [0.5, 0.6) is 17.2 Å². The Morgan fingerprint density at radius 3 is 2.54 bits per heavy atom. The standard InChI is InChI=1S/C21H25N3O4/c1-15(16-2-7-19-20(12-16)28-14-27-19)22-21(26)13-23-8-10-24(11-9-23)17-3-5-18(25)6-4-17/h2-7,12,15,25H,8-11,13-14H2,1H3,(H,22,26)/t15-/m1/s1. The molecule has 7 heteroatoms. The first-order valence-electron chi connectivity index (χ1n) is 9.54. The maximum atomic E-state index is 12.5. The number of carbonyl (C=O) groups is 1. The summed E-state index contributed by atoms with van der Waals surface area (Å²) in [5.41, 5.74) is 2.09. The molecule has 2 heterocycles. The molecule has 28 heavy (non-hydrogen) atoms. The monoisotopic (exact) mass is 383 g/mol. The van der Waals surface area contributed by atoms with Gasteiger partial charge in [0.25, 0.3) is 0 Å². The second kappa shape index (κ2) is 7.98. The van der Waals surface area contributed by atoms with Gasteiger partial charge in [-0.25, -0.2) is 0 Å². The Balaban J connectivity index is 1.26. The highest BCUT2D eigenvalue weighted by Crippen LogP contribution is 2.34. The average molecular weight is 383 g/mol. The number of piperazine rings is 1. The molecule has 148 valence electrons. The zero-order valence-corrected chi connectivity index (χ0v) is 15.9. The second-order valence-corrected chi connectivity index (χ2v) is 7.18. The zero-order chi connectivity index (χ0) is 19.5. The number of nitrogens with zero attached hydrogens (tertiary/aromatic N) is 2. The SMILES string of the molecule is C[C@@H](NC(=O)CN1CCN(c2ccc(O)cc2)CC1)c1ccc2c(c1)OCO2. The minimum Gasteiger partial charge on any atom is -0.508 e. The third kappa shape index (κ3) is 4.14. The fourth-order valence-electron chi connectivity index (χ4n) is 3.58. The van der Waals surface area contributed by atoms with E-state index < -0.39 is 0 Å². The van der Waals surface area contributed by atoms with E-state index in [0.29, 0.717) is 6.54 Å². The van der Waals surface area contributed by atoms with Crippen molar-refractivity contribution in [2.24, 2.45) is 0 Å². The molecule has 0 saturated carbocycles. The van der Waals surface area contributed by atoms with Gasteiger partial charge in [0.1, 0.15) is 5.75 Å². The van der Waals surface area contributed by atoms with Gasteiger partial charge in [0, 0.05) is 31.9 Å². The highest BCUT2D eigenvalue weighted by Gasteiger charge is 2.21. The first-order chi connectivity index (χ1) is 13.6. The number of carbonyl (C=O) groups excluding carboxylic acids is 1. The molecule has 7 nitrogen and oxygen atoms in total. The molecule has 0 spiro atoms. The lowest BCUT2D eigenvalue weighted by molar-refractivity contribution is -0.123. The van der Waals surface area contributed by atoms with E-state index >= 15 is 0 Å². The zero-order valence-electron chi connectivity index (χ0n) is 15.9. The van der Waals surface area contributed by atoms with Crippen molar-refractivity contribution in [2.75, 3.05) is 44.4 Å². The lowest BCUT2D eigenvalue weighted by Crippen LogP contribution is -2.49. The first-order valence-corrected chi connectivity index (χ1v) is 9.54. The Labute approximate surface area is 164 Å². The minimum absolute atomic E-state index is 0.0169. The molecule has 1 saturated heterocycles. The number of aromatic hydroxyl groups is 1. The molecule has 2 N–H and O–H groups in total. The summed E-state index contributed by atoms with van der Waals surface area (Å²) < 4.78 is 10.7. The molecule has 4 rings (SSSR count). The van der Waals surface area contributed by atoms with Gasteiger partial charge < -0.3 is 24.8 Å². The van der Waals surface area contributed by atoms with Crippen LogP contribution in [0.4, 0.5) is 5.69 Å². The minimum atomic E-state index is -0.0970. The van der Waals surface area contributed by atoms with Gasteiger partial charge in [0.05, 0.1) is 12.6 Å². The van der Waals surface area contributed by atoms with E-state index in [1.165, 1.54) is 0 Å². The van der Waals surface area contributed by atoms with Crippen LogP contribution in [0.25, 0.3) is 0 Å². The van der Waals surface area contributed by atoms with Crippen LogP contribution >= 0.6 is 0 Å². The smallest absolute Gasteiger partial charge is 0.234 e. The molecular weight excluding hydrogens is 358 g/mol.